The first-order chi connectivity index (χ1) is 20.3. The van der Waals surface area contributed by atoms with Crippen LogP contribution in [0.3, 0.4) is 0 Å². The quantitative estimate of drug-likeness (QED) is 0.0492. The highest BCUT2D eigenvalue weighted by atomic mass is 32.2. The Morgan fingerprint density at radius 2 is 1.00 bits per heavy atom. The number of thioether (sulfide) groups is 1. The Hall–Kier alpha value is -0.830. The number of ether oxygens (including phenoxy) is 2. The van der Waals surface area contributed by atoms with Gasteiger partial charge in [0.05, 0.1) is 0 Å². The summed E-state index contributed by atoms with van der Waals surface area (Å²) in [5.41, 5.74) is -0.973. The molecule has 1 N–H and O–H groups in total. The number of carbonyl (C=O) groups is 2. The van der Waals surface area contributed by atoms with E-state index in [2.05, 4.69) is 46.4 Å². The molecule has 8 heteroatoms. The van der Waals surface area contributed by atoms with Crippen LogP contribution in [0.5, 0.6) is 0 Å². The van der Waals surface area contributed by atoms with Crippen LogP contribution in [0, 0.1) is 0 Å². The van der Waals surface area contributed by atoms with Crippen LogP contribution in [0.25, 0.3) is 0 Å². The van der Waals surface area contributed by atoms with E-state index >= 15 is 0 Å². The number of rotatable bonds is 30. The Morgan fingerprint density at radius 3 is 1.33 bits per heavy atom. The Balaban J connectivity index is 5.36. The van der Waals surface area contributed by atoms with Gasteiger partial charge in [0.15, 0.2) is 5.56 Å². The van der Waals surface area contributed by atoms with Crippen molar-refractivity contribution in [2.75, 3.05) is 38.5 Å². The second-order valence-corrected chi connectivity index (χ2v) is 12.9. The largest absolute Gasteiger partial charge is 0.461 e. The van der Waals surface area contributed by atoms with E-state index in [9.17, 15) is 14.7 Å². The Morgan fingerprint density at radius 1 is 0.619 bits per heavy atom. The van der Waals surface area contributed by atoms with Gasteiger partial charge < -0.3 is 19.5 Å². The van der Waals surface area contributed by atoms with E-state index in [-0.39, 0.29) is 37.2 Å². The van der Waals surface area contributed by atoms with Crippen molar-refractivity contribution in [1.29, 1.82) is 0 Å². The summed E-state index contributed by atoms with van der Waals surface area (Å²) in [6, 6.07) is 0. The van der Waals surface area contributed by atoms with Gasteiger partial charge in [0.25, 0.3) is 0 Å². The number of aliphatic hydroxyl groups is 1. The topological polar surface area (TPSA) is 79.3 Å². The van der Waals surface area contributed by atoms with Crippen molar-refractivity contribution < 1.29 is 24.2 Å². The van der Waals surface area contributed by atoms with Crippen molar-refractivity contribution in [3.8, 4) is 0 Å². The lowest BCUT2D eigenvalue weighted by Crippen LogP contribution is -2.43. The van der Waals surface area contributed by atoms with Crippen LogP contribution in [0.1, 0.15) is 151 Å². The lowest BCUT2D eigenvalue weighted by atomic mass is 10.0. The summed E-state index contributed by atoms with van der Waals surface area (Å²) in [6.45, 7) is 15.7. The summed E-state index contributed by atoms with van der Waals surface area (Å²) in [7, 11) is 0. The minimum atomic E-state index is -0.973. The number of nitrogens with zero attached hydrogens (tertiary/aromatic N) is 2. The Kier molecular flexibility index (Phi) is 28.3. The maximum Gasteiger partial charge on any atom is 0.320 e. The average Bonchev–Trinajstić information content (AvgIpc) is 2.97. The lowest BCUT2D eigenvalue weighted by Gasteiger charge is -2.28. The molecule has 0 bridgehead atoms. The van der Waals surface area contributed by atoms with Crippen LogP contribution in [0.2, 0.25) is 0 Å². The zero-order valence-corrected chi connectivity index (χ0v) is 29.2. The summed E-state index contributed by atoms with van der Waals surface area (Å²) in [4.78, 5) is 30.2. The van der Waals surface area contributed by atoms with Gasteiger partial charge in [-0.3, -0.25) is 9.59 Å². The number of carbonyl (C=O) groups excluding carboxylic acids is 2. The van der Waals surface area contributed by atoms with E-state index < -0.39 is 5.56 Å². The van der Waals surface area contributed by atoms with Crippen molar-refractivity contribution in [2.24, 2.45) is 0 Å². The first kappa shape index (κ1) is 41.2. The maximum absolute atomic E-state index is 13.1. The minimum Gasteiger partial charge on any atom is -0.461 e. The molecule has 0 fully saturated rings. The van der Waals surface area contributed by atoms with E-state index in [1.807, 2.05) is 0 Å². The first-order valence-electron chi connectivity index (χ1n) is 17.5. The standard InChI is InChI=1S/C34H68N2O5S/c1-7-13-17-22-30(23-18-14-8-2)40-32(37)28-36(34(39)42-27-21-26-35(11-5)12-6)29-33(38)41-31(24-19-15-9-3)25-20-16-10-4/h30-31,34,39H,7-29H2,1-6H3. The van der Waals surface area contributed by atoms with Gasteiger partial charge in [0, 0.05) is 0 Å². The zero-order valence-electron chi connectivity index (χ0n) is 28.4. The van der Waals surface area contributed by atoms with E-state index in [0.717, 1.165) is 135 Å². The fraction of sp³-hybridized carbons (Fsp3) is 0.941. The first-order valence-corrected chi connectivity index (χ1v) is 18.5. The van der Waals surface area contributed by atoms with Crippen molar-refractivity contribution in [3.63, 3.8) is 0 Å². The highest BCUT2D eigenvalue weighted by molar-refractivity contribution is 7.99. The number of unbranched alkanes of at least 4 members (excludes halogenated alkanes) is 8. The minimum absolute atomic E-state index is 0.107. The van der Waals surface area contributed by atoms with Gasteiger partial charge in [-0.2, -0.15) is 0 Å². The molecule has 0 aliphatic carbocycles. The second-order valence-electron chi connectivity index (χ2n) is 11.7. The zero-order chi connectivity index (χ0) is 31.4. The van der Waals surface area contributed by atoms with Crippen molar-refractivity contribution in [2.45, 2.75) is 168 Å². The summed E-state index contributed by atoms with van der Waals surface area (Å²) in [6.07, 6.45) is 17.4. The molecule has 42 heavy (non-hydrogen) atoms. The van der Waals surface area contributed by atoms with Crippen LogP contribution in [0.4, 0.5) is 0 Å². The highest BCUT2D eigenvalue weighted by Gasteiger charge is 2.26. The third-order valence-corrected chi connectivity index (χ3v) is 8.99. The smallest absolute Gasteiger partial charge is 0.320 e. The summed E-state index contributed by atoms with van der Waals surface area (Å²) >= 11 is 1.38. The fourth-order valence-electron chi connectivity index (χ4n) is 5.12. The highest BCUT2D eigenvalue weighted by Crippen LogP contribution is 2.19. The SMILES string of the molecule is CCCCCC(CCCCC)OC(=O)CN(CC(=O)OC(CCCCC)CCCCC)C(O)SCCCN(CC)CC. The number of aliphatic hydroxyl groups excluding tert-OH is 1. The molecule has 0 saturated carbocycles. The molecule has 0 heterocycles. The third-order valence-electron chi connectivity index (χ3n) is 7.87. The molecule has 0 radical (unpaired) electrons. The molecule has 1 unspecified atom stereocenters. The van der Waals surface area contributed by atoms with E-state index in [1.165, 1.54) is 16.7 Å². The molecule has 0 spiro atoms. The number of hydrogen-bond donors (Lipinski definition) is 1. The van der Waals surface area contributed by atoms with Gasteiger partial charge >= 0.3 is 11.9 Å². The molecule has 0 aromatic rings. The molecule has 0 aliphatic heterocycles. The van der Waals surface area contributed by atoms with Crippen molar-refractivity contribution in [1.82, 2.24) is 9.80 Å². The summed E-state index contributed by atoms with van der Waals surface area (Å²) < 4.78 is 11.9. The monoisotopic (exact) mass is 616 g/mol. The van der Waals surface area contributed by atoms with Crippen LogP contribution >= 0.6 is 11.8 Å². The van der Waals surface area contributed by atoms with Crippen LogP contribution in [-0.4, -0.2) is 83.1 Å². The van der Waals surface area contributed by atoms with E-state index in [1.54, 1.807) is 0 Å². The predicted molar refractivity (Wildman–Crippen MR) is 179 cm³/mol. The van der Waals surface area contributed by atoms with E-state index in [0.29, 0.717) is 0 Å². The van der Waals surface area contributed by atoms with Gasteiger partial charge in [-0.05, 0) is 83.2 Å². The normalized spacial score (nSPS) is 12.5. The molecular weight excluding hydrogens is 548 g/mol. The molecular formula is C34H68N2O5S. The van der Waals surface area contributed by atoms with Crippen LogP contribution in [-0.2, 0) is 19.1 Å². The number of esters is 2. The van der Waals surface area contributed by atoms with Gasteiger partial charge in [-0.25, -0.2) is 4.90 Å². The predicted octanol–water partition coefficient (Wildman–Crippen LogP) is 8.17. The van der Waals surface area contributed by atoms with Crippen molar-refractivity contribution in [3.05, 3.63) is 0 Å². The average molecular weight is 617 g/mol. The molecule has 1 atom stereocenters. The fourth-order valence-corrected chi connectivity index (χ4v) is 5.99. The molecule has 0 amide bonds. The molecule has 0 saturated heterocycles. The second kappa shape index (κ2) is 28.9. The molecule has 0 aromatic heterocycles. The Bertz CT molecular complexity index is 575. The molecule has 250 valence electrons. The third kappa shape index (κ3) is 22.7. The van der Waals surface area contributed by atoms with E-state index in [4.69, 9.17) is 9.47 Å². The van der Waals surface area contributed by atoms with Crippen LogP contribution < -0.4 is 0 Å². The van der Waals surface area contributed by atoms with Gasteiger partial charge in [-0.15, -0.1) is 11.8 Å². The molecule has 0 aromatic carbocycles. The Labute approximate surface area is 264 Å². The van der Waals surface area contributed by atoms with Gasteiger partial charge in [-0.1, -0.05) is 92.9 Å². The lowest BCUT2D eigenvalue weighted by molar-refractivity contribution is -0.157. The number of hydrogen-bond acceptors (Lipinski definition) is 8. The molecule has 0 rings (SSSR count). The molecule has 0 aliphatic rings. The summed E-state index contributed by atoms with van der Waals surface area (Å²) in [5.74, 6) is 0.00282. The van der Waals surface area contributed by atoms with Crippen molar-refractivity contribution >= 4 is 23.7 Å². The molecule has 7 nitrogen and oxygen atoms in total. The maximum atomic E-state index is 13.1. The van der Waals surface area contributed by atoms with Gasteiger partial charge in [0.1, 0.15) is 25.3 Å². The van der Waals surface area contributed by atoms with Crippen LogP contribution in [0.15, 0.2) is 0 Å². The summed E-state index contributed by atoms with van der Waals surface area (Å²) in [5, 5.41) is 11.1. The van der Waals surface area contributed by atoms with Gasteiger partial charge in [0.2, 0.25) is 0 Å².